The standard InChI is InChI=1S/C25H28F3N3O4S/c1-4-5-6-7-18-8-10-19(11-9-18)22-16-23(25(26,27)28)29-31(22)20-12-14-21(15-13-20)36(34,35)30(3)17(2)24(32)33/h8-17H,4-7H2,1-3H3,(H,32,33)/t17-/m0/s1. The fourth-order valence-corrected chi connectivity index (χ4v) is 4.95. The highest BCUT2D eigenvalue weighted by Gasteiger charge is 2.35. The van der Waals surface area contributed by atoms with E-state index in [0.717, 1.165) is 49.0 Å². The predicted molar refractivity (Wildman–Crippen MR) is 129 cm³/mol. The molecule has 0 aliphatic carbocycles. The molecular formula is C25H28F3N3O4S. The zero-order valence-electron chi connectivity index (χ0n) is 20.2. The number of sulfonamides is 1. The van der Waals surface area contributed by atoms with Gasteiger partial charge in [-0.25, -0.2) is 13.1 Å². The van der Waals surface area contributed by atoms with Gasteiger partial charge >= 0.3 is 12.1 Å². The minimum absolute atomic E-state index is 0.192. The molecule has 0 fully saturated rings. The van der Waals surface area contributed by atoms with Crippen molar-refractivity contribution in [3.63, 3.8) is 0 Å². The Morgan fingerprint density at radius 1 is 1.08 bits per heavy atom. The maximum atomic E-state index is 13.5. The number of likely N-dealkylation sites (N-methyl/N-ethyl adjacent to an activating group) is 1. The van der Waals surface area contributed by atoms with E-state index in [-0.39, 0.29) is 16.3 Å². The third-order valence-electron chi connectivity index (χ3n) is 5.98. The van der Waals surface area contributed by atoms with Crippen molar-refractivity contribution in [3.8, 4) is 16.9 Å². The van der Waals surface area contributed by atoms with Crippen LogP contribution in [0.2, 0.25) is 0 Å². The number of hydrogen-bond donors (Lipinski definition) is 1. The van der Waals surface area contributed by atoms with Gasteiger partial charge in [-0.05, 0) is 55.7 Å². The molecule has 0 bridgehead atoms. The number of aliphatic carboxylic acids is 1. The first-order valence-electron chi connectivity index (χ1n) is 11.4. The molecule has 0 saturated carbocycles. The third kappa shape index (κ3) is 5.96. The molecule has 3 rings (SSSR count). The zero-order valence-corrected chi connectivity index (χ0v) is 21.0. The van der Waals surface area contributed by atoms with Crippen LogP contribution in [0.3, 0.4) is 0 Å². The first kappa shape index (κ1) is 27.4. The summed E-state index contributed by atoms with van der Waals surface area (Å²) in [5.41, 5.74) is 0.971. The van der Waals surface area contributed by atoms with E-state index in [0.29, 0.717) is 9.87 Å². The van der Waals surface area contributed by atoms with Gasteiger partial charge in [0, 0.05) is 12.6 Å². The summed E-state index contributed by atoms with van der Waals surface area (Å²) in [6.07, 6.45) is -0.570. The van der Waals surface area contributed by atoms with Gasteiger partial charge in [0.15, 0.2) is 5.69 Å². The van der Waals surface area contributed by atoms with E-state index < -0.39 is 33.9 Å². The second-order valence-electron chi connectivity index (χ2n) is 8.51. The first-order chi connectivity index (χ1) is 16.9. The number of benzene rings is 2. The van der Waals surface area contributed by atoms with Crippen LogP contribution in [0.4, 0.5) is 13.2 Å². The fourth-order valence-electron chi connectivity index (χ4n) is 3.63. The number of carbonyl (C=O) groups is 1. The van der Waals surface area contributed by atoms with Gasteiger partial charge in [0.1, 0.15) is 6.04 Å². The second kappa shape index (κ2) is 10.8. The summed E-state index contributed by atoms with van der Waals surface area (Å²) < 4.78 is 67.8. The van der Waals surface area contributed by atoms with Crippen LogP contribution in [0.1, 0.15) is 44.4 Å². The number of unbranched alkanes of at least 4 members (excludes halogenated alkanes) is 2. The summed E-state index contributed by atoms with van der Waals surface area (Å²) in [7, 11) is -2.99. The molecule has 36 heavy (non-hydrogen) atoms. The lowest BCUT2D eigenvalue weighted by Gasteiger charge is -2.21. The first-order valence-corrected chi connectivity index (χ1v) is 12.9. The van der Waals surface area contributed by atoms with E-state index in [4.69, 9.17) is 5.11 Å². The fraction of sp³-hybridized carbons (Fsp3) is 0.360. The molecule has 194 valence electrons. The van der Waals surface area contributed by atoms with E-state index in [1.54, 1.807) is 12.1 Å². The number of halogens is 3. The predicted octanol–water partition coefficient (Wildman–Crippen LogP) is 5.38. The molecule has 0 aliphatic heterocycles. The number of aryl methyl sites for hydroxylation is 1. The smallest absolute Gasteiger partial charge is 0.435 e. The number of alkyl halides is 3. The van der Waals surface area contributed by atoms with Gasteiger partial charge in [0.05, 0.1) is 16.3 Å². The summed E-state index contributed by atoms with van der Waals surface area (Å²) in [5, 5.41) is 12.9. The monoisotopic (exact) mass is 523 g/mol. The number of carboxylic acid groups (broad SMARTS) is 1. The van der Waals surface area contributed by atoms with Crippen LogP contribution in [0.15, 0.2) is 59.5 Å². The summed E-state index contributed by atoms with van der Waals surface area (Å²) in [6.45, 7) is 3.34. The van der Waals surface area contributed by atoms with Gasteiger partial charge in [0.2, 0.25) is 10.0 Å². The quantitative estimate of drug-likeness (QED) is 0.360. The molecule has 7 nitrogen and oxygen atoms in total. The Morgan fingerprint density at radius 3 is 2.22 bits per heavy atom. The highest BCUT2D eigenvalue weighted by molar-refractivity contribution is 7.89. The van der Waals surface area contributed by atoms with Crippen molar-refractivity contribution in [3.05, 3.63) is 65.9 Å². The molecule has 0 aliphatic rings. The topological polar surface area (TPSA) is 92.5 Å². The van der Waals surface area contributed by atoms with E-state index in [2.05, 4.69) is 12.0 Å². The van der Waals surface area contributed by atoms with Crippen LogP contribution in [0.25, 0.3) is 16.9 Å². The normalized spacial score (nSPS) is 13.2. The summed E-state index contributed by atoms with van der Waals surface area (Å²) in [4.78, 5) is 11.0. The van der Waals surface area contributed by atoms with Gasteiger partial charge in [-0.15, -0.1) is 0 Å². The second-order valence-corrected chi connectivity index (χ2v) is 10.5. The van der Waals surface area contributed by atoms with Gasteiger partial charge in [-0.1, -0.05) is 44.0 Å². The minimum atomic E-state index is -4.67. The summed E-state index contributed by atoms with van der Waals surface area (Å²) in [6, 6.07) is 12.0. The molecule has 0 radical (unpaired) electrons. The van der Waals surface area contributed by atoms with E-state index >= 15 is 0 Å². The van der Waals surface area contributed by atoms with Crippen LogP contribution < -0.4 is 0 Å². The molecule has 2 aromatic carbocycles. The molecular weight excluding hydrogens is 495 g/mol. The molecule has 0 amide bonds. The lowest BCUT2D eigenvalue weighted by atomic mass is 10.0. The molecule has 1 atom stereocenters. The molecule has 0 saturated heterocycles. The average Bonchev–Trinajstić information content (AvgIpc) is 3.30. The van der Waals surface area contributed by atoms with Crippen molar-refractivity contribution in [2.75, 3.05) is 7.05 Å². The highest BCUT2D eigenvalue weighted by Crippen LogP contribution is 2.33. The largest absolute Gasteiger partial charge is 0.480 e. The Bertz CT molecular complexity index is 1300. The molecule has 1 heterocycles. The lowest BCUT2D eigenvalue weighted by molar-refractivity contribution is -0.141. The highest BCUT2D eigenvalue weighted by atomic mass is 32.2. The Kier molecular flexibility index (Phi) is 8.25. The summed E-state index contributed by atoms with van der Waals surface area (Å²) >= 11 is 0. The van der Waals surface area contributed by atoms with E-state index in [1.165, 1.54) is 31.2 Å². The van der Waals surface area contributed by atoms with E-state index in [1.807, 2.05) is 12.1 Å². The molecule has 0 unspecified atom stereocenters. The van der Waals surface area contributed by atoms with Gasteiger partial charge in [0.25, 0.3) is 0 Å². The van der Waals surface area contributed by atoms with Gasteiger partial charge < -0.3 is 5.11 Å². The van der Waals surface area contributed by atoms with Crippen LogP contribution in [-0.2, 0) is 27.4 Å². The minimum Gasteiger partial charge on any atom is -0.480 e. The van der Waals surface area contributed by atoms with Crippen LogP contribution in [-0.4, -0.2) is 46.7 Å². The van der Waals surface area contributed by atoms with Crippen LogP contribution in [0, 0.1) is 0 Å². The summed E-state index contributed by atoms with van der Waals surface area (Å²) in [5.74, 6) is -1.31. The Labute approximate surface area is 208 Å². The van der Waals surface area contributed by atoms with Crippen molar-refractivity contribution in [1.29, 1.82) is 0 Å². The maximum absolute atomic E-state index is 13.5. The molecule has 0 spiro atoms. The third-order valence-corrected chi connectivity index (χ3v) is 7.92. The van der Waals surface area contributed by atoms with Gasteiger partial charge in [-0.3, -0.25) is 4.79 Å². The van der Waals surface area contributed by atoms with Crippen LogP contribution >= 0.6 is 0 Å². The van der Waals surface area contributed by atoms with Crippen molar-refractivity contribution in [1.82, 2.24) is 14.1 Å². The maximum Gasteiger partial charge on any atom is 0.435 e. The Balaban J connectivity index is 1.98. The Morgan fingerprint density at radius 2 is 1.69 bits per heavy atom. The van der Waals surface area contributed by atoms with Crippen molar-refractivity contribution in [2.24, 2.45) is 0 Å². The lowest BCUT2D eigenvalue weighted by Crippen LogP contribution is -2.40. The Hall–Kier alpha value is -3.18. The molecule has 11 heteroatoms. The number of aromatic nitrogens is 2. The van der Waals surface area contributed by atoms with Crippen molar-refractivity contribution >= 4 is 16.0 Å². The SMILES string of the molecule is CCCCCc1ccc(-c2cc(C(F)(F)F)nn2-c2ccc(S(=O)(=O)N(C)[C@@H](C)C(=O)O)cc2)cc1. The number of carboxylic acids is 1. The van der Waals surface area contributed by atoms with Gasteiger partial charge in [-0.2, -0.15) is 22.6 Å². The van der Waals surface area contributed by atoms with Crippen LogP contribution in [0.5, 0.6) is 0 Å². The molecule has 1 N–H and O–H groups in total. The molecule has 1 aromatic heterocycles. The van der Waals surface area contributed by atoms with Crippen molar-refractivity contribution in [2.45, 2.75) is 56.6 Å². The number of hydrogen-bond acceptors (Lipinski definition) is 4. The van der Waals surface area contributed by atoms with Crippen molar-refractivity contribution < 1.29 is 31.5 Å². The zero-order chi connectivity index (χ0) is 26.7. The number of nitrogens with zero attached hydrogens (tertiary/aromatic N) is 3. The molecule has 3 aromatic rings. The van der Waals surface area contributed by atoms with E-state index in [9.17, 15) is 26.4 Å². The number of rotatable bonds is 10. The average molecular weight is 524 g/mol.